The molecule has 0 unspecified atom stereocenters. The highest BCUT2D eigenvalue weighted by molar-refractivity contribution is 6.30. The van der Waals surface area contributed by atoms with Crippen molar-refractivity contribution >= 4 is 23.0 Å². The number of aliphatic hydroxyl groups is 1. The second-order valence-electron chi connectivity index (χ2n) is 4.25. The number of aliphatic hydroxyl groups excluding tert-OH is 1. The molecule has 104 valence electrons. The van der Waals surface area contributed by atoms with Crippen LogP contribution in [0.2, 0.25) is 5.02 Å². The lowest BCUT2D eigenvalue weighted by Crippen LogP contribution is -2.02. The average Bonchev–Trinajstić information content (AvgIpc) is 2.46. The van der Waals surface area contributed by atoms with Gasteiger partial charge in [-0.15, -0.1) is 0 Å². The Kier molecular flexibility index (Phi) is 4.55. The molecule has 0 radical (unpaired) electrons. The zero-order valence-electron chi connectivity index (χ0n) is 10.5. The minimum Gasteiger partial charge on any atom is -0.392 e. The standard InChI is InChI=1S/C14H13ClN2O3/c15-12-5-6-13(14(7-12)17(19)20)16-8-10-1-3-11(9-18)4-2-10/h1-7,16,18H,8-9H2. The predicted octanol–water partition coefficient (Wildman–Crippen LogP) is 3.35. The molecule has 2 N–H and O–H groups in total. The fraction of sp³-hybridized carbons (Fsp3) is 0.143. The first-order valence-corrected chi connectivity index (χ1v) is 6.34. The van der Waals surface area contributed by atoms with Crippen molar-refractivity contribution in [3.63, 3.8) is 0 Å². The van der Waals surface area contributed by atoms with Gasteiger partial charge in [0.05, 0.1) is 11.5 Å². The molecule has 0 spiro atoms. The van der Waals surface area contributed by atoms with E-state index in [1.54, 1.807) is 12.1 Å². The van der Waals surface area contributed by atoms with E-state index in [9.17, 15) is 10.1 Å². The summed E-state index contributed by atoms with van der Waals surface area (Å²) in [7, 11) is 0. The summed E-state index contributed by atoms with van der Waals surface area (Å²) in [6, 6.07) is 11.9. The molecule has 0 aliphatic carbocycles. The van der Waals surface area contributed by atoms with Gasteiger partial charge in [-0.25, -0.2) is 0 Å². The lowest BCUT2D eigenvalue weighted by atomic mass is 10.1. The van der Waals surface area contributed by atoms with Crippen molar-refractivity contribution in [3.05, 3.63) is 68.7 Å². The van der Waals surface area contributed by atoms with Crippen molar-refractivity contribution in [1.82, 2.24) is 0 Å². The van der Waals surface area contributed by atoms with Crippen LogP contribution in [0.5, 0.6) is 0 Å². The molecule has 0 aliphatic heterocycles. The van der Waals surface area contributed by atoms with E-state index in [0.29, 0.717) is 17.3 Å². The summed E-state index contributed by atoms with van der Waals surface area (Å²) in [5.74, 6) is 0. The minimum absolute atomic E-state index is 0.00361. The molecular formula is C14H13ClN2O3. The molecule has 6 heteroatoms. The normalized spacial score (nSPS) is 10.3. The Bertz CT molecular complexity index is 614. The molecule has 0 aliphatic rings. The summed E-state index contributed by atoms with van der Waals surface area (Å²) in [5.41, 5.74) is 2.16. The molecule has 0 saturated carbocycles. The molecule has 20 heavy (non-hydrogen) atoms. The van der Waals surface area contributed by atoms with E-state index >= 15 is 0 Å². The molecule has 0 saturated heterocycles. The number of hydrogen-bond donors (Lipinski definition) is 2. The molecule has 0 atom stereocenters. The highest BCUT2D eigenvalue weighted by Crippen LogP contribution is 2.28. The molecule has 0 heterocycles. The fourth-order valence-electron chi connectivity index (χ4n) is 1.77. The zero-order valence-corrected chi connectivity index (χ0v) is 11.3. The summed E-state index contributed by atoms with van der Waals surface area (Å²) < 4.78 is 0. The van der Waals surface area contributed by atoms with Crippen molar-refractivity contribution in [2.24, 2.45) is 0 Å². The minimum atomic E-state index is -0.469. The van der Waals surface area contributed by atoms with Crippen LogP contribution < -0.4 is 5.32 Å². The number of benzene rings is 2. The Hall–Kier alpha value is -2.11. The quantitative estimate of drug-likeness (QED) is 0.654. The Balaban J connectivity index is 2.12. The van der Waals surface area contributed by atoms with Crippen LogP contribution in [-0.2, 0) is 13.2 Å². The van der Waals surface area contributed by atoms with E-state index in [2.05, 4.69) is 5.32 Å². The lowest BCUT2D eigenvalue weighted by Gasteiger charge is -2.08. The van der Waals surface area contributed by atoms with Gasteiger partial charge in [0.2, 0.25) is 0 Å². The average molecular weight is 293 g/mol. The highest BCUT2D eigenvalue weighted by atomic mass is 35.5. The fourth-order valence-corrected chi connectivity index (χ4v) is 1.93. The van der Waals surface area contributed by atoms with Crippen LogP contribution in [-0.4, -0.2) is 10.0 Å². The number of halogens is 1. The van der Waals surface area contributed by atoms with Crippen LogP contribution in [0.25, 0.3) is 0 Å². The van der Waals surface area contributed by atoms with E-state index < -0.39 is 4.92 Å². The largest absolute Gasteiger partial charge is 0.392 e. The van der Waals surface area contributed by atoms with Crippen molar-refractivity contribution < 1.29 is 10.0 Å². The predicted molar refractivity (Wildman–Crippen MR) is 77.8 cm³/mol. The van der Waals surface area contributed by atoms with Gasteiger partial charge >= 0.3 is 0 Å². The van der Waals surface area contributed by atoms with Crippen LogP contribution in [0.4, 0.5) is 11.4 Å². The lowest BCUT2D eigenvalue weighted by molar-refractivity contribution is -0.383. The zero-order chi connectivity index (χ0) is 14.5. The van der Waals surface area contributed by atoms with Gasteiger partial charge in [-0.05, 0) is 23.3 Å². The van der Waals surface area contributed by atoms with Crippen LogP contribution in [0.15, 0.2) is 42.5 Å². The maximum Gasteiger partial charge on any atom is 0.293 e. The second kappa shape index (κ2) is 6.36. The SMILES string of the molecule is O=[N+]([O-])c1cc(Cl)ccc1NCc1ccc(CO)cc1. The van der Waals surface area contributed by atoms with Crippen molar-refractivity contribution in [1.29, 1.82) is 0 Å². The molecule has 0 aromatic heterocycles. The van der Waals surface area contributed by atoms with Gasteiger partial charge in [-0.3, -0.25) is 10.1 Å². The summed E-state index contributed by atoms with van der Waals surface area (Å²) in [4.78, 5) is 10.5. The van der Waals surface area contributed by atoms with E-state index in [-0.39, 0.29) is 12.3 Å². The van der Waals surface area contributed by atoms with Crippen molar-refractivity contribution in [2.45, 2.75) is 13.2 Å². The van der Waals surface area contributed by atoms with Gasteiger partial charge in [-0.1, -0.05) is 35.9 Å². The van der Waals surface area contributed by atoms with Crippen LogP contribution in [0, 0.1) is 10.1 Å². The summed E-state index contributed by atoms with van der Waals surface area (Å²) in [6.07, 6.45) is 0. The summed E-state index contributed by atoms with van der Waals surface area (Å²) in [5, 5.41) is 23.2. The monoisotopic (exact) mass is 292 g/mol. The molecular weight excluding hydrogens is 280 g/mol. The first kappa shape index (κ1) is 14.3. The molecule has 2 aromatic carbocycles. The third kappa shape index (κ3) is 3.46. The molecule has 0 amide bonds. The molecule has 0 fully saturated rings. The Morgan fingerprint density at radius 2 is 1.80 bits per heavy atom. The molecule has 0 bridgehead atoms. The summed E-state index contributed by atoms with van der Waals surface area (Å²) >= 11 is 5.76. The van der Waals surface area contributed by atoms with Gasteiger partial charge in [0, 0.05) is 17.6 Å². The van der Waals surface area contributed by atoms with Gasteiger partial charge in [0.25, 0.3) is 5.69 Å². The smallest absolute Gasteiger partial charge is 0.293 e. The molecule has 5 nitrogen and oxygen atoms in total. The maximum absolute atomic E-state index is 10.9. The highest BCUT2D eigenvalue weighted by Gasteiger charge is 2.13. The Morgan fingerprint density at radius 3 is 2.40 bits per heavy atom. The second-order valence-corrected chi connectivity index (χ2v) is 4.68. The van der Waals surface area contributed by atoms with E-state index in [0.717, 1.165) is 11.1 Å². The van der Waals surface area contributed by atoms with E-state index in [4.69, 9.17) is 16.7 Å². The number of hydrogen-bond acceptors (Lipinski definition) is 4. The maximum atomic E-state index is 10.9. The Morgan fingerprint density at radius 1 is 1.15 bits per heavy atom. The third-order valence-electron chi connectivity index (χ3n) is 2.84. The van der Waals surface area contributed by atoms with Gasteiger partial charge < -0.3 is 10.4 Å². The molecule has 2 aromatic rings. The van der Waals surface area contributed by atoms with Gasteiger partial charge in [0.1, 0.15) is 5.69 Å². The van der Waals surface area contributed by atoms with Crippen molar-refractivity contribution in [2.75, 3.05) is 5.32 Å². The number of rotatable bonds is 5. The Labute approximate surface area is 121 Å². The van der Waals surface area contributed by atoms with Crippen LogP contribution >= 0.6 is 11.6 Å². The number of nitrogens with zero attached hydrogens (tertiary/aromatic N) is 1. The number of nitro benzene ring substituents is 1. The first-order valence-electron chi connectivity index (χ1n) is 5.96. The van der Waals surface area contributed by atoms with Crippen molar-refractivity contribution in [3.8, 4) is 0 Å². The number of anilines is 1. The summed E-state index contributed by atoms with van der Waals surface area (Å²) in [6.45, 7) is 0.449. The van der Waals surface area contributed by atoms with E-state index in [1.165, 1.54) is 6.07 Å². The van der Waals surface area contributed by atoms with Gasteiger partial charge in [0.15, 0.2) is 0 Å². The van der Waals surface area contributed by atoms with Gasteiger partial charge in [-0.2, -0.15) is 0 Å². The van der Waals surface area contributed by atoms with Crippen LogP contribution in [0.3, 0.4) is 0 Å². The number of nitrogens with one attached hydrogen (secondary N) is 1. The third-order valence-corrected chi connectivity index (χ3v) is 3.08. The number of nitro groups is 1. The topological polar surface area (TPSA) is 75.4 Å². The van der Waals surface area contributed by atoms with Crippen LogP contribution in [0.1, 0.15) is 11.1 Å². The first-order chi connectivity index (χ1) is 9.60. The molecule has 2 rings (SSSR count). The van der Waals surface area contributed by atoms with E-state index in [1.807, 2.05) is 24.3 Å².